The zero-order valence-corrected chi connectivity index (χ0v) is 20.6. The Morgan fingerprint density at radius 2 is 1.70 bits per heavy atom. The fourth-order valence-electron chi connectivity index (χ4n) is 4.74. The summed E-state index contributed by atoms with van der Waals surface area (Å²) in [5.41, 5.74) is 1.29. The molecule has 3 aromatic rings. The van der Waals surface area contributed by atoms with E-state index in [2.05, 4.69) is 9.72 Å². The van der Waals surface area contributed by atoms with Gasteiger partial charge in [-0.2, -0.15) is 8.78 Å². The van der Waals surface area contributed by atoms with E-state index in [1.54, 1.807) is 41.4 Å². The Labute approximate surface area is 213 Å². The number of rotatable bonds is 10. The standard InChI is InChI=1S/C27H25F3N2O4S/c28-20-8-12-23(13-9-20)37(34,35)27(14-15-27)25(33)32(17-21-3-1-2-16-31-21)24(18-4-5-18)19-6-10-22(11-7-19)36-26(29)30/h1-3,6-13,16,18,24,26H,4-5,14-15,17H2/t24-/m0/s1. The van der Waals surface area contributed by atoms with Gasteiger partial charge in [0.15, 0.2) is 14.6 Å². The summed E-state index contributed by atoms with van der Waals surface area (Å²) in [6, 6.07) is 15.4. The number of carbonyl (C=O) groups is 1. The van der Waals surface area contributed by atoms with Crippen LogP contribution >= 0.6 is 0 Å². The summed E-state index contributed by atoms with van der Waals surface area (Å²) in [4.78, 5) is 20.0. The molecule has 0 saturated heterocycles. The Morgan fingerprint density at radius 3 is 2.24 bits per heavy atom. The third-order valence-electron chi connectivity index (χ3n) is 6.90. The number of hydrogen-bond donors (Lipinski definition) is 0. The molecule has 0 spiro atoms. The van der Waals surface area contributed by atoms with Gasteiger partial charge in [-0.15, -0.1) is 0 Å². The number of benzene rings is 2. The molecule has 2 aromatic carbocycles. The number of hydrogen-bond acceptors (Lipinski definition) is 5. The number of carbonyl (C=O) groups excluding carboxylic acids is 1. The van der Waals surface area contributed by atoms with Crippen LogP contribution in [0.1, 0.15) is 43.0 Å². The lowest BCUT2D eigenvalue weighted by Crippen LogP contribution is -2.46. The van der Waals surface area contributed by atoms with Crippen LogP contribution in [0.25, 0.3) is 0 Å². The largest absolute Gasteiger partial charge is 0.435 e. The van der Waals surface area contributed by atoms with E-state index in [-0.39, 0.29) is 35.9 Å². The van der Waals surface area contributed by atoms with E-state index in [9.17, 15) is 26.4 Å². The lowest BCUT2D eigenvalue weighted by molar-refractivity contribution is -0.135. The van der Waals surface area contributed by atoms with Crippen molar-refractivity contribution in [1.82, 2.24) is 9.88 Å². The monoisotopic (exact) mass is 530 g/mol. The van der Waals surface area contributed by atoms with Crippen molar-refractivity contribution in [2.45, 2.75) is 54.5 Å². The predicted molar refractivity (Wildman–Crippen MR) is 129 cm³/mol. The molecule has 0 aliphatic heterocycles. The van der Waals surface area contributed by atoms with Crippen molar-refractivity contribution in [1.29, 1.82) is 0 Å². The molecule has 2 saturated carbocycles. The van der Waals surface area contributed by atoms with Gasteiger partial charge in [-0.25, -0.2) is 12.8 Å². The van der Waals surface area contributed by atoms with E-state index in [1.807, 2.05) is 0 Å². The van der Waals surface area contributed by atoms with Crippen molar-refractivity contribution in [3.8, 4) is 5.75 Å². The summed E-state index contributed by atoms with van der Waals surface area (Å²) < 4.78 is 68.9. The molecule has 37 heavy (non-hydrogen) atoms. The molecule has 194 valence electrons. The maximum atomic E-state index is 14.2. The maximum absolute atomic E-state index is 14.2. The molecule has 0 N–H and O–H groups in total. The SMILES string of the molecule is O=C(N(Cc1ccccn1)[C@H](c1ccc(OC(F)F)cc1)C1CC1)C1(S(=O)(=O)c2ccc(F)cc2)CC1. The first-order valence-electron chi connectivity index (χ1n) is 12.0. The highest BCUT2D eigenvalue weighted by Gasteiger charge is 2.63. The third-order valence-corrected chi connectivity index (χ3v) is 9.41. The van der Waals surface area contributed by atoms with Crippen LogP contribution in [0, 0.1) is 11.7 Å². The van der Waals surface area contributed by atoms with Crippen LogP contribution in [0.2, 0.25) is 0 Å². The van der Waals surface area contributed by atoms with E-state index < -0.39 is 39.0 Å². The van der Waals surface area contributed by atoms with Crippen LogP contribution in [0.3, 0.4) is 0 Å². The Hall–Kier alpha value is -3.40. The van der Waals surface area contributed by atoms with Crippen LogP contribution in [0.4, 0.5) is 13.2 Å². The Bertz CT molecular complexity index is 1360. The average molecular weight is 531 g/mol. The molecule has 2 fully saturated rings. The summed E-state index contributed by atoms with van der Waals surface area (Å²) >= 11 is 0. The highest BCUT2D eigenvalue weighted by atomic mass is 32.2. The van der Waals surface area contributed by atoms with Crippen LogP contribution in [0.15, 0.2) is 77.8 Å². The second-order valence-electron chi connectivity index (χ2n) is 9.44. The van der Waals surface area contributed by atoms with Gasteiger partial charge in [-0.05, 0) is 85.7 Å². The van der Waals surface area contributed by atoms with Crippen LogP contribution < -0.4 is 4.74 Å². The molecule has 6 nitrogen and oxygen atoms in total. The Kier molecular flexibility index (Phi) is 6.70. The summed E-state index contributed by atoms with van der Waals surface area (Å²) in [5, 5.41) is 0. The van der Waals surface area contributed by atoms with E-state index in [0.717, 1.165) is 25.0 Å². The lowest BCUT2D eigenvalue weighted by atomic mass is 9.99. The van der Waals surface area contributed by atoms with Crippen molar-refractivity contribution in [3.05, 3.63) is 90.0 Å². The Morgan fingerprint density at radius 1 is 1.03 bits per heavy atom. The highest BCUT2D eigenvalue weighted by molar-refractivity contribution is 7.94. The van der Waals surface area contributed by atoms with Gasteiger partial charge in [-0.1, -0.05) is 18.2 Å². The molecule has 0 radical (unpaired) electrons. The second kappa shape index (κ2) is 9.81. The second-order valence-corrected chi connectivity index (χ2v) is 11.7. The quantitative estimate of drug-likeness (QED) is 0.332. The summed E-state index contributed by atoms with van der Waals surface area (Å²) in [5.74, 6) is -1.03. The number of alkyl halides is 2. The molecule has 0 unspecified atom stereocenters. The average Bonchev–Trinajstić information content (AvgIpc) is 3.80. The zero-order valence-electron chi connectivity index (χ0n) is 19.8. The van der Waals surface area contributed by atoms with Gasteiger partial charge >= 0.3 is 6.61 Å². The normalized spacial score (nSPS) is 17.3. The first-order chi connectivity index (χ1) is 17.7. The fraction of sp³-hybridized carbons (Fsp3) is 0.333. The molecule has 2 aliphatic carbocycles. The molecule has 1 heterocycles. The lowest BCUT2D eigenvalue weighted by Gasteiger charge is -2.35. The molecule has 1 atom stereocenters. The number of nitrogens with zero attached hydrogens (tertiary/aromatic N) is 2. The topological polar surface area (TPSA) is 76.6 Å². The molecule has 5 rings (SSSR count). The van der Waals surface area contributed by atoms with E-state index >= 15 is 0 Å². The van der Waals surface area contributed by atoms with Crippen LogP contribution in [-0.4, -0.2) is 35.6 Å². The predicted octanol–water partition coefficient (Wildman–Crippen LogP) is 5.31. The van der Waals surface area contributed by atoms with Crippen molar-refractivity contribution < 1.29 is 31.1 Å². The van der Waals surface area contributed by atoms with Gasteiger partial charge in [-0.3, -0.25) is 9.78 Å². The van der Waals surface area contributed by atoms with E-state index in [0.29, 0.717) is 11.3 Å². The summed E-state index contributed by atoms with van der Waals surface area (Å²) in [6.07, 6.45) is 3.59. The molecule has 0 bridgehead atoms. The van der Waals surface area contributed by atoms with Crippen molar-refractivity contribution >= 4 is 15.7 Å². The van der Waals surface area contributed by atoms with Gasteiger partial charge in [0.05, 0.1) is 23.2 Å². The number of halogens is 3. The number of pyridine rings is 1. The molecule has 1 aromatic heterocycles. The zero-order chi connectivity index (χ0) is 26.2. The van der Waals surface area contributed by atoms with Crippen molar-refractivity contribution in [3.63, 3.8) is 0 Å². The maximum Gasteiger partial charge on any atom is 0.387 e. The van der Waals surface area contributed by atoms with E-state index in [1.165, 1.54) is 24.3 Å². The minimum absolute atomic E-state index is 0.00606. The first-order valence-corrected chi connectivity index (χ1v) is 13.5. The smallest absolute Gasteiger partial charge is 0.387 e. The Balaban J connectivity index is 1.53. The molecule has 2 aliphatic rings. The number of amides is 1. The molecular formula is C27H25F3N2O4S. The number of ether oxygens (including phenoxy) is 1. The van der Waals surface area contributed by atoms with Crippen LogP contribution in [0.5, 0.6) is 5.75 Å². The van der Waals surface area contributed by atoms with Gasteiger partial charge in [0.1, 0.15) is 11.6 Å². The molecule has 10 heteroatoms. The van der Waals surface area contributed by atoms with Crippen LogP contribution in [-0.2, 0) is 21.2 Å². The molecular weight excluding hydrogens is 505 g/mol. The summed E-state index contributed by atoms with van der Waals surface area (Å²) in [6.45, 7) is -2.88. The number of aromatic nitrogens is 1. The highest BCUT2D eigenvalue weighted by Crippen LogP contribution is 2.52. The van der Waals surface area contributed by atoms with Gasteiger partial charge in [0, 0.05) is 6.20 Å². The third kappa shape index (κ3) is 5.07. The summed E-state index contributed by atoms with van der Waals surface area (Å²) in [7, 11) is -4.10. The van der Waals surface area contributed by atoms with Gasteiger partial charge < -0.3 is 9.64 Å². The number of sulfone groups is 1. The first kappa shape index (κ1) is 25.3. The minimum Gasteiger partial charge on any atom is -0.435 e. The van der Waals surface area contributed by atoms with Crippen molar-refractivity contribution in [2.75, 3.05) is 0 Å². The fourth-order valence-corrected chi connectivity index (χ4v) is 6.67. The van der Waals surface area contributed by atoms with Crippen molar-refractivity contribution in [2.24, 2.45) is 5.92 Å². The molecule has 1 amide bonds. The van der Waals surface area contributed by atoms with Gasteiger partial charge in [0.2, 0.25) is 5.91 Å². The minimum atomic E-state index is -4.10. The van der Waals surface area contributed by atoms with E-state index in [4.69, 9.17) is 0 Å². The van der Waals surface area contributed by atoms with Gasteiger partial charge in [0.25, 0.3) is 0 Å².